The van der Waals surface area contributed by atoms with Gasteiger partial charge in [0.1, 0.15) is 5.78 Å². The molecule has 19 heavy (non-hydrogen) atoms. The lowest BCUT2D eigenvalue weighted by atomic mass is 9.99. The van der Waals surface area contributed by atoms with Gasteiger partial charge >= 0.3 is 0 Å². The van der Waals surface area contributed by atoms with Crippen LogP contribution in [0.25, 0.3) is 10.9 Å². The fraction of sp³-hybridized carbons (Fsp3) is 0.333. The van der Waals surface area contributed by atoms with Crippen LogP contribution in [0.4, 0.5) is 0 Å². The molecule has 1 aromatic carbocycles. The summed E-state index contributed by atoms with van der Waals surface area (Å²) in [7, 11) is 0. The third-order valence-corrected chi connectivity index (χ3v) is 4.25. The number of benzene rings is 1. The minimum Gasteiger partial charge on any atom is -0.298 e. The van der Waals surface area contributed by atoms with Gasteiger partial charge in [0.25, 0.3) is 0 Å². The van der Waals surface area contributed by atoms with Crippen LogP contribution >= 0.6 is 31.9 Å². The number of nitrogens with zero attached hydrogens (tertiary/aromatic N) is 1. The highest BCUT2D eigenvalue weighted by molar-refractivity contribution is 9.10. The van der Waals surface area contributed by atoms with Crippen LogP contribution in [0.5, 0.6) is 0 Å². The van der Waals surface area contributed by atoms with Crippen molar-refractivity contribution in [3.63, 3.8) is 0 Å². The van der Waals surface area contributed by atoms with E-state index in [0.717, 1.165) is 20.9 Å². The Morgan fingerprint density at radius 1 is 1.37 bits per heavy atom. The fourth-order valence-electron chi connectivity index (χ4n) is 2.02. The highest BCUT2D eigenvalue weighted by Crippen LogP contribution is 2.23. The maximum Gasteiger partial charge on any atom is 0.149 e. The summed E-state index contributed by atoms with van der Waals surface area (Å²) < 4.78 is 0.964. The molecule has 0 spiro atoms. The molecule has 0 radical (unpaired) electrons. The molecule has 4 heteroatoms. The summed E-state index contributed by atoms with van der Waals surface area (Å²) in [5.41, 5.74) is 2.06. The number of alkyl halides is 1. The number of carbonyl (C=O) groups is 1. The van der Waals surface area contributed by atoms with Crippen molar-refractivity contribution in [3.8, 4) is 0 Å². The number of pyridine rings is 1. The Bertz CT molecular complexity index is 610. The third-order valence-electron chi connectivity index (χ3n) is 3.04. The van der Waals surface area contributed by atoms with Crippen LogP contribution in [0.2, 0.25) is 0 Å². The molecular formula is C15H15Br2NO. The van der Waals surface area contributed by atoms with Crippen molar-refractivity contribution < 1.29 is 4.79 Å². The Labute approximate surface area is 129 Å². The predicted molar refractivity (Wildman–Crippen MR) is 85.7 cm³/mol. The van der Waals surface area contributed by atoms with Crippen LogP contribution in [0.1, 0.15) is 19.4 Å². The molecule has 100 valence electrons. The number of rotatable bonds is 4. The van der Waals surface area contributed by atoms with Gasteiger partial charge < -0.3 is 0 Å². The summed E-state index contributed by atoms with van der Waals surface area (Å²) in [5.74, 6) is 0.274. The standard InChI is InChI=1S/C15H15Br2NO/c1-9(2)15(19)13(17)7-11-5-3-4-10-6-12(16)8-18-14(10)11/h3-6,8-9,13H,7H2,1-2H3. The van der Waals surface area contributed by atoms with Crippen LogP contribution in [0, 0.1) is 5.92 Å². The fourth-order valence-corrected chi connectivity index (χ4v) is 3.24. The van der Waals surface area contributed by atoms with E-state index in [1.165, 1.54) is 0 Å². The van der Waals surface area contributed by atoms with Gasteiger partial charge in [-0.3, -0.25) is 9.78 Å². The zero-order valence-corrected chi connectivity index (χ0v) is 14.0. The summed E-state index contributed by atoms with van der Waals surface area (Å²) >= 11 is 6.92. The van der Waals surface area contributed by atoms with Crippen molar-refractivity contribution in [1.29, 1.82) is 0 Å². The molecule has 0 saturated heterocycles. The normalized spacial score (nSPS) is 12.9. The van der Waals surface area contributed by atoms with E-state index in [4.69, 9.17) is 0 Å². The van der Waals surface area contributed by atoms with Crippen LogP contribution < -0.4 is 0 Å². The molecule has 1 aromatic heterocycles. The van der Waals surface area contributed by atoms with Gasteiger partial charge in [-0.05, 0) is 34.0 Å². The molecule has 1 heterocycles. The summed E-state index contributed by atoms with van der Waals surface area (Å²) in [5, 5.41) is 1.09. The van der Waals surface area contributed by atoms with Crippen molar-refractivity contribution in [2.45, 2.75) is 25.1 Å². The average molecular weight is 385 g/mol. The Morgan fingerprint density at radius 2 is 2.11 bits per heavy atom. The van der Waals surface area contributed by atoms with Gasteiger partial charge in [-0.25, -0.2) is 0 Å². The van der Waals surface area contributed by atoms with Crippen molar-refractivity contribution in [2.24, 2.45) is 5.92 Å². The van der Waals surface area contributed by atoms with Crippen molar-refractivity contribution >= 4 is 48.5 Å². The molecule has 0 bridgehead atoms. The monoisotopic (exact) mass is 383 g/mol. The lowest BCUT2D eigenvalue weighted by Crippen LogP contribution is -2.21. The van der Waals surface area contributed by atoms with E-state index in [2.05, 4.69) is 36.8 Å². The minimum absolute atomic E-state index is 0.0430. The number of Topliss-reactive ketones (excluding diaryl/α,β-unsaturated/α-hetero) is 1. The van der Waals surface area contributed by atoms with Crippen LogP contribution in [0.15, 0.2) is 34.9 Å². The number of para-hydroxylation sites is 1. The van der Waals surface area contributed by atoms with Gasteiger partial charge in [0, 0.05) is 22.0 Å². The van der Waals surface area contributed by atoms with Crippen molar-refractivity contribution in [2.75, 3.05) is 0 Å². The zero-order chi connectivity index (χ0) is 14.0. The molecule has 0 aliphatic carbocycles. The molecule has 0 amide bonds. The second-order valence-electron chi connectivity index (χ2n) is 4.87. The molecule has 2 aromatic rings. The van der Waals surface area contributed by atoms with Gasteiger partial charge in [-0.1, -0.05) is 48.0 Å². The first-order valence-corrected chi connectivity index (χ1v) is 7.91. The van der Waals surface area contributed by atoms with Crippen LogP contribution in [0.3, 0.4) is 0 Å². The summed E-state index contributed by atoms with van der Waals surface area (Å²) in [4.78, 5) is 16.3. The number of hydrogen-bond acceptors (Lipinski definition) is 2. The lowest BCUT2D eigenvalue weighted by molar-refractivity contribution is -0.121. The van der Waals surface area contributed by atoms with E-state index in [0.29, 0.717) is 6.42 Å². The topological polar surface area (TPSA) is 30.0 Å². The van der Waals surface area contributed by atoms with Gasteiger partial charge in [-0.2, -0.15) is 0 Å². The van der Waals surface area contributed by atoms with Crippen molar-refractivity contribution in [3.05, 3.63) is 40.5 Å². The Morgan fingerprint density at radius 3 is 2.79 bits per heavy atom. The molecule has 0 aliphatic heterocycles. The quantitative estimate of drug-likeness (QED) is 0.725. The van der Waals surface area contributed by atoms with Crippen molar-refractivity contribution in [1.82, 2.24) is 4.98 Å². The molecule has 1 atom stereocenters. The van der Waals surface area contributed by atoms with Crippen LogP contribution in [-0.4, -0.2) is 15.6 Å². The van der Waals surface area contributed by atoms with Gasteiger partial charge in [0.2, 0.25) is 0 Å². The third kappa shape index (κ3) is 3.42. The predicted octanol–water partition coefficient (Wildman–Crippen LogP) is 4.53. The number of aromatic nitrogens is 1. The number of ketones is 1. The maximum atomic E-state index is 12.0. The molecule has 0 saturated carbocycles. The van der Waals surface area contributed by atoms with E-state index < -0.39 is 0 Å². The van der Waals surface area contributed by atoms with E-state index in [1.807, 2.05) is 38.1 Å². The second-order valence-corrected chi connectivity index (χ2v) is 6.89. The van der Waals surface area contributed by atoms with E-state index >= 15 is 0 Å². The van der Waals surface area contributed by atoms with Gasteiger partial charge in [0.15, 0.2) is 0 Å². The van der Waals surface area contributed by atoms with Crippen LogP contribution in [-0.2, 0) is 11.2 Å². The number of carbonyl (C=O) groups excluding carboxylic acids is 1. The van der Waals surface area contributed by atoms with E-state index in [1.54, 1.807) is 6.20 Å². The number of halogens is 2. The molecule has 0 fully saturated rings. The second kappa shape index (κ2) is 6.14. The lowest BCUT2D eigenvalue weighted by Gasteiger charge is -2.12. The molecule has 2 nitrogen and oxygen atoms in total. The average Bonchev–Trinajstić information content (AvgIpc) is 2.37. The molecule has 0 N–H and O–H groups in total. The van der Waals surface area contributed by atoms with E-state index in [9.17, 15) is 4.79 Å². The first-order valence-electron chi connectivity index (χ1n) is 6.20. The SMILES string of the molecule is CC(C)C(=O)C(Br)Cc1cccc2cc(Br)cnc12. The molecule has 1 unspecified atom stereocenters. The molecular weight excluding hydrogens is 370 g/mol. The van der Waals surface area contributed by atoms with Gasteiger partial charge in [-0.15, -0.1) is 0 Å². The van der Waals surface area contributed by atoms with E-state index in [-0.39, 0.29) is 16.5 Å². The maximum absolute atomic E-state index is 12.0. The first-order chi connectivity index (χ1) is 8.99. The highest BCUT2D eigenvalue weighted by Gasteiger charge is 2.19. The summed E-state index contributed by atoms with van der Waals surface area (Å²) in [6.45, 7) is 3.85. The van der Waals surface area contributed by atoms with Gasteiger partial charge in [0.05, 0.1) is 10.3 Å². The Balaban J connectivity index is 2.33. The molecule has 2 rings (SSSR count). The summed E-state index contributed by atoms with van der Waals surface area (Å²) in [6.07, 6.45) is 2.46. The number of fused-ring (bicyclic) bond motifs is 1. The molecule has 0 aliphatic rings. The smallest absolute Gasteiger partial charge is 0.149 e. The first kappa shape index (κ1) is 14.7. The Hall–Kier alpha value is -0.740. The summed E-state index contributed by atoms with van der Waals surface area (Å²) in [6, 6.07) is 8.11. The largest absolute Gasteiger partial charge is 0.298 e. The highest BCUT2D eigenvalue weighted by atomic mass is 79.9. The minimum atomic E-state index is -0.149. The Kier molecular flexibility index (Phi) is 4.74. The zero-order valence-electron chi connectivity index (χ0n) is 10.9. The number of hydrogen-bond donors (Lipinski definition) is 0.